The average Bonchev–Trinajstić information content (AvgIpc) is 1.96. The molecular weight excluding hydrogens is 135 g/mol. The Hall–Kier alpha value is -0.640. The summed E-state index contributed by atoms with van der Waals surface area (Å²) in [6.07, 6.45) is -0.920. The minimum atomic E-state index is -0.920. The van der Waals surface area contributed by atoms with Gasteiger partial charge in [0.05, 0.1) is 13.1 Å². The molecule has 4 heteroatoms. The molecule has 3 nitrogen and oxygen atoms in total. The zero-order valence-corrected chi connectivity index (χ0v) is 5.93. The molecule has 0 aromatic carbocycles. The Bertz CT molecular complexity index is 140. The standard InChI is InChI=1S/C6H11FN2O/c1-9-4-5(7)2-8-3-6(9)10/h5,8H,2-4H2,1H3. The minimum absolute atomic E-state index is 0.0415. The first-order chi connectivity index (χ1) is 4.70. The zero-order valence-electron chi connectivity index (χ0n) is 5.93. The summed E-state index contributed by atoms with van der Waals surface area (Å²) in [6.45, 7) is 0.763. The fraction of sp³-hybridized carbons (Fsp3) is 0.833. The molecule has 0 aromatic rings. The molecule has 0 radical (unpaired) electrons. The molecule has 58 valence electrons. The van der Waals surface area contributed by atoms with Gasteiger partial charge in [-0.2, -0.15) is 0 Å². The van der Waals surface area contributed by atoms with Crippen molar-refractivity contribution in [2.45, 2.75) is 6.17 Å². The van der Waals surface area contributed by atoms with Gasteiger partial charge < -0.3 is 10.2 Å². The molecule has 0 saturated carbocycles. The normalized spacial score (nSPS) is 28.4. The monoisotopic (exact) mass is 146 g/mol. The van der Waals surface area contributed by atoms with Crippen molar-refractivity contribution in [3.8, 4) is 0 Å². The first-order valence-corrected chi connectivity index (χ1v) is 3.29. The Kier molecular flexibility index (Phi) is 2.21. The fourth-order valence-corrected chi connectivity index (χ4v) is 0.934. The molecular formula is C6H11FN2O. The number of hydrogen-bond acceptors (Lipinski definition) is 2. The summed E-state index contributed by atoms with van der Waals surface area (Å²) in [5.41, 5.74) is 0. The van der Waals surface area contributed by atoms with Crippen LogP contribution in [0.5, 0.6) is 0 Å². The Morgan fingerprint density at radius 1 is 1.80 bits per heavy atom. The first kappa shape index (κ1) is 7.47. The molecule has 0 aromatic heterocycles. The van der Waals surface area contributed by atoms with E-state index in [9.17, 15) is 9.18 Å². The van der Waals surface area contributed by atoms with E-state index in [-0.39, 0.29) is 25.5 Å². The predicted molar refractivity (Wildman–Crippen MR) is 35.4 cm³/mol. The van der Waals surface area contributed by atoms with Gasteiger partial charge in [0.2, 0.25) is 5.91 Å². The van der Waals surface area contributed by atoms with Crippen LogP contribution in [0, 0.1) is 0 Å². The van der Waals surface area contributed by atoms with Crippen LogP contribution in [-0.4, -0.2) is 43.7 Å². The van der Waals surface area contributed by atoms with E-state index in [0.29, 0.717) is 0 Å². The molecule has 1 atom stereocenters. The van der Waals surface area contributed by atoms with Gasteiger partial charge in [-0.3, -0.25) is 4.79 Å². The van der Waals surface area contributed by atoms with Gasteiger partial charge in [-0.15, -0.1) is 0 Å². The number of nitrogens with zero attached hydrogens (tertiary/aromatic N) is 1. The van der Waals surface area contributed by atoms with Crippen LogP contribution in [0.3, 0.4) is 0 Å². The molecule has 1 heterocycles. The second-order valence-electron chi connectivity index (χ2n) is 2.50. The number of likely N-dealkylation sites (N-methyl/N-ethyl adjacent to an activating group) is 1. The Labute approximate surface area is 59.2 Å². The van der Waals surface area contributed by atoms with Crippen molar-refractivity contribution in [1.82, 2.24) is 10.2 Å². The van der Waals surface area contributed by atoms with E-state index in [4.69, 9.17) is 0 Å². The van der Waals surface area contributed by atoms with Crippen LogP contribution >= 0.6 is 0 Å². The molecule has 1 saturated heterocycles. The molecule has 1 fully saturated rings. The number of carbonyl (C=O) groups excluding carboxylic acids is 1. The fourth-order valence-electron chi connectivity index (χ4n) is 0.934. The Balaban J connectivity index is 2.49. The molecule has 0 spiro atoms. The number of rotatable bonds is 0. The molecule has 1 aliphatic rings. The lowest BCUT2D eigenvalue weighted by Gasteiger charge is -2.13. The summed E-state index contributed by atoms with van der Waals surface area (Å²) in [6, 6.07) is 0. The van der Waals surface area contributed by atoms with E-state index >= 15 is 0 Å². The number of carbonyl (C=O) groups is 1. The van der Waals surface area contributed by atoms with Crippen molar-refractivity contribution in [3.05, 3.63) is 0 Å². The van der Waals surface area contributed by atoms with E-state index in [2.05, 4.69) is 5.32 Å². The van der Waals surface area contributed by atoms with E-state index in [1.807, 2.05) is 0 Å². The highest BCUT2D eigenvalue weighted by Crippen LogP contribution is 1.97. The molecule has 1 N–H and O–H groups in total. The Morgan fingerprint density at radius 3 is 3.20 bits per heavy atom. The third kappa shape index (κ3) is 1.67. The third-order valence-electron chi connectivity index (χ3n) is 1.54. The van der Waals surface area contributed by atoms with Crippen LogP contribution in [0.4, 0.5) is 4.39 Å². The van der Waals surface area contributed by atoms with Crippen molar-refractivity contribution in [2.75, 3.05) is 26.7 Å². The van der Waals surface area contributed by atoms with Crippen molar-refractivity contribution in [3.63, 3.8) is 0 Å². The van der Waals surface area contributed by atoms with Crippen LogP contribution in [0.1, 0.15) is 0 Å². The van der Waals surface area contributed by atoms with Crippen LogP contribution in [0.25, 0.3) is 0 Å². The number of nitrogens with one attached hydrogen (secondary N) is 1. The maximum Gasteiger partial charge on any atom is 0.236 e. The third-order valence-corrected chi connectivity index (χ3v) is 1.54. The van der Waals surface area contributed by atoms with Gasteiger partial charge in [-0.05, 0) is 0 Å². The average molecular weight is 146 g/mol. The van der Waals surface area contributed by atoms with Crippen LogP contribution < -0.4 is 5.32 Å². The molecule has 1 rings (SSSR count). The highest BCUT2D eigenvalue weighted by molar-refractivity contribution is 5.78. The van der Waals surface area contributed by atoms with Crippen molar-refractivity contribution >= 4 is 5.91 Å². The SMILES string of the molecule is CN1CC(F)CNCC1=O. The highest BCUT2D eigenvalue weighted by atomic mass is 19.1. The number of halogens is 1. The smallest absolute Gasteiger partial charge is 0.236 e. The van der Waals surface area contributed by atoms with Gasteiger partial charge in [0.25, 0.3) is 0 Å². The summed E-state index contributed by atoms with van der Waals surface area (Å²) >= 11 is 0. The molecule has 1 unspecified atom stereocenters. The largest absolute Gasteiger partial charge is 0.342 e. The summed E-state index contributed by atoms with van der Waals surface area (Å²) in [5.74, 6) is -0.0415. The second-order valence-corrected chi connectivity index (χ2v) is 2.50. The second kappa shape index (κ2) is 2.96. The molecule has 0 bridgehead atoms. The zero-order chi connectivity index (χ0) is 7.56. The molecule has 0 aliphatic carbocycles. The van der Waals surface area contributed by atoms with Gasteiger partial charge in [0, 0.05) is 13.6 Å². The number of hydrogen-bond donors (Lipinski definition) is 1. The van der Waals surface area contributed by atoms with E-state index in [0.717, 1.165) is 0 Å². The summed E-state index contributed by atoms with van der Waals surface area (Å²) in [4.78, 5) is 12.3. The van der Waals surface area contributed by atoms with Gasteiger partial charge in [-0.25, -0.2) is 4.39 Å². The highest BCUT2D eigenvalue weighted by Gasteiger charge is 2.18. The summed E-state index contributed by atoms with van der Waals surface area (Å²) in [7, 11) is 1.61. The van der Waals surface area contributed by atoms with Gasteiger partial charge in [0.15, 0.2) is 0 Å². The maximum absolute atomic E-state index is 12.6. The van der Waals surface area contributed by atoms with Gasteiger partial charge in [-0.1, -0.05) is 0 Å². The van der Waals surface area contributed by atoms with Gasteiger partial charge >= 0.3 is 0 Å². The lowest BCUT2D eigenvalue weighted by Crippen LogP contribution is -2.32. The first-order valence-electron chi connectivity index (χ1n) is 3.29. The maximum atomic E-state index is 12.6. The van der Waals surface area contributed by atoms with Crippen LogP contribution in [0.15, 0.2) is 0 Å². The summed E-state index contributed by atoms with van der Waals surface area (Å²) in [5, 5.41) is 2.71. The number of alkyl halides is 1. The van der Waals surface area contributed by atoms with Crippen LogP contribution in [-0.2, 0) is 4.79 Å². The summed E-state index contributed by atoms with van der Waals surface area (Å²) < 4.78 is 12.6. The van der Waals surface area contributed by atoms with E-state index < -0.39 is 6.17 Å². The van der Waals surface area contributed by atoms with Gasteiger partial charge in [0.1, 0.15) is 6.17 Å². The molecule has 10 heavy (non-hydrogen) atoms. The Morgan fingerprint density at radius 2 is 2.50 bits per heavy atom. The van der Waals surface area contributed by atoms with Crippen molar-refractivity contribution in [1.29, 1.82) is 0 Å². The lowest BCUT2D eigenvalue weighted by atomic mass is 10.4. The molecule has 1 amide bonds. The topological polar surface area (TPSA) is 32.3 Å². The predicted octanol–water partition coefficient (Wildman–Crippen LogP) is -0.614. The quantitative estimate of drug-likeness (QED) is 0.494. The number of amides is 1. The molecule has 1 aliphatic heterocycles. The van der Waals surface area contributed by atoms with E-state index in [1.165, 1.54) is 4.90 Å². The minimum Gasteiger partial charge on any atom is -0.342 e. The van der Waals surface area contributed by atoms with E-state index in [1.54, 1.807) is 7.05 Å². The van der Waals surface area contributed by atoms with Crippen molar-refractivity contribution in [2.24, 2.45) is 0 Å². The van der Waals surface area contributed by atoms with Crippen LogP contribution in [0.2, 0.25) is 0 Å². The van der Waals surface area contributed by atoms with Crippen molar-refractivity contribution < 1.29 is 9.18 Å². The lowest BCUT2D eigenvalue weighted by molar-refractivity contribution is -0.128.